The lowest BCUT2D eigenvalue weighted by Gasteiger charge is -2.40. The summed E-state index contributed by atoms with van der Waals surface area (Å²) in [5.74, 6) is -3.10. The lowest BCUT2D eigenvalue weighted by molar-refractivity contribution is -0.301. The number of aliphatic hydroxyl groups is 2. The first kappa shape index (κ1) is 70.2. The second-order valence-corrected chi connectivity index (χ2v) is 21.7. The van der Waals surface area contributed by atoms with Gasteiger partial charge in [0.2, 0.25) is 0 Å². The molecule has 0 aliphatic carbocycles. The van der Waals surface area contributed by atoms with E-state index in [0.717, 1.165) is 83.5 Å². The van der Waals surface area contributed by atoms with Crippen molar-refractivity contribution in [1.82, 2.24) is 0 Å². The topological polar surface area (TPSA) is 175 Å². The smallest absolute Gasteiger partial charge is 0.335 e. The quantitative estimate of drug-likeness (QED) is 0.0228. The largest absolute Gasteiger partial charge is 0.479 e. The highest BCUT2D eigenvalue weighted by atomic mass is 16.7. The third-order valence-corrected chi connectivity index (χ3v) is 14.5. The summed E-state index contributed by atoms with van der Waals surface area (Å²) >= 11 is 0. The number of unbranched alkanes of at least 4 members (excludes halogenated alkanes) is 36. The van der Waals surface area contributed by atoms with Gasteiger partial charge in [-0.15, -0.1) is 0 Å². The maximum Gasteiger partial charge on any atom is 0.335 e. The minimum absolute atomic E-state index is 0.0666. The van der Waals surface area contributed by atoms with E-state index in [9.17, 15) is 34.5 Å². The molecule has 6 atom stereocenters. The molecular weight excluding hydrogens is 949 g/mol. The molecule has 0 amide bonds. The first-order valence-corrected chi connectivity index (χ1v) is 31.3. The van der Waals surface area contributed by atoms with Crippen LogP contribution in [0.3, 0.4) is 0 Å². The van der Waals surface area contributed by atoms with Gasteiger partial charge in [-0.2, -0.15) is 0 Å². The highest BCUT2D eigenvalue weighted by Gasteiger charge is 2.50. The zero-order valence-electron chi connectivity index (χ0n) is 48.3. The predicted octanol–water partition coefficient (Wildman–Crippen LogP) is 16.2. The van der Waals surface area contributed by atoms with Gasteiger partial charge in [0.05, 0.1) is 6.61 Å². The molecule has 438 valence electrons. The normalized spacial score (nSPS) is 18.2. The van der Waals surface area contributed by atoms with E-state index in [-0.39, 0.29) is 25.9 Å². The number of carbonyl (C=O) groups excluding carboxylic acids is 3. The monoisotopic (exact) mass is 1060 g/mol. The van der Waals surface area contributed by atoms with E-state index in [4.69, 9.17) is 23.7 Å². The minimum Gasteiger partial charge on any atom is -0.479 e. The molecule has 12 nitrogen and oxygen atoms in total. The second kappa shape index (κ2) is 51.9. The van der Waals surface area contributed by atoms with Crippen LogP contribution in [0.4, 0.5) is 0 Å². The Bertz CT molecular complexity index is 1400. The van der Waals surface area contributed by atoms with E-state index in [0.29, 0.717) is 19.3 Å². The van der Waals surface area contributed by atoms with Gasteiger partial charge in [0.25, 0.3) is 0 Å². The second-order valence-electron chi connectivity index (χ2n) is 21.7. The Morgan fingerprint density at radius 1 is 0.440 bits per heavy atom. The molecule has 1 fully saturated rings. The summed E-state index contributed by atoms with van der Waals surface area (Å²) in [5.41, 5.74) is 0. The van der Waals surface area contributed by atoms with Crippen LogP contribution in [0.2, 0.25) is 0 Å². The van der Waals surface area contributed by atoms with Gasteiger partial charge in [-0.25, -0.2) is 4.79 Å². The zero-order valence-corrected chi connectivity index (χ0v) is 48.3. The number of hydrogen-bond donors (Lipinski definition) is 3. The summed E-state index contributed by atoms with van der Waals surface area (Å²) in [7, 11) is 0. The molecule has 0 aromatic carbocycles. The third kappa shape index (κ3) is 41.9. The van der Waals surface area contributed by atoms with Crippen molar-refractivity contribution in [2.45, 2.75) is 340 Å². The number of esters is 3. The van der Waals surface area contributed by atoms with Crippen molar-refractivity contribution in [3.63, 3.8) is 0 Å². The van der Waals surface area contributed by atoms with Gasteiger partial charge in [-0.3, -0.25) is 14.4 Å². The molecule has 6 unspecified atom stereocenters. The summed E-state index contributed by atoms with van der Waals surface area (Å²) in [6.45, 7) is 6.00. The Labute approximate surface area is 458 Å². The Balaban J connectivity index is 2.65. The summed E-state index contributed by atoms with van der Waals surface area (Å²) in [4.78, 5) is 51.2. The molecule has 3 N–H and O–H groups in total. The van der Waals surface area contributed by atoms with E-state index in [1.807, 2.05) is 0 Å². The third-order valence-electron chi connectivity index (χ3n) is 14.5. The van der Waals surface area contributed by atoms with E-state index >= 15 is 0 Å². The van der Waals surface area contributed by atoms with Gasteiger partial charge in [0, 0.05) is 19.3 Å². The average molecular weight is 1060 g/mol. The number of carboxylic acids is 1. The van der Waals surface area contributed by atoms with Crippen molar-refractivity contribution in [2.75, 3.05) is 13.2 Å². The molecule has 75 heavy (non-hydrogen) atoms. The van der Waals surface area contributed by atoms with Crippen molar-refractivity contribution >= 4 is 23.9 Å². The molecule has 0 spiro atoms. The van der Waals surface area contributed by atoms with Gasteiger partial charge in [0.1, 0.15) is 18.8 Å². The van der Waals surface area contributed by atoms with Crippen molar-refractivity contribution in [3.8, 4) is 0 Å². The zero-order chi connectivity index (χ0) is 54.7. The number of aliphatic carboxylic acids is 1. The lowest BCUT2D eigenvalue weighted by Crippen LogP contribution is -2.61. The van der Waals surface area contributed by atoms with E-state index in [2.05, 4.69) is 45.1 Å². The van der Waals surface area contributed by atoms with Gasteiger partial charge in [-0.1, -0.05) is 257 Å². The Hall–Kier alpha value is -2.80. The molecule has 1 saturated heterocycles. The number of carbonyl (C=O) groups is 4. The predicted molar refractivity (Wildman–Crippen MR) is 303 cm³/mol. The number of hydrogen-bond acceptors (Lipinski definition) is 11. The summed E-state index contributed by atoms with van der Waals surface area (Å²) in [5, 5.41) is 31.5. The van der Waals surface area contributed by atoms with Gasteiger partial charge >= 0.3 is 23.9 Å². The van der Waals surface area contributed by atoms with E-state index in [1.165, 1.54) is 161 Å². The molecule has 0 bridgehead atoms. The number of rotatable bonds is 54. The fourth-order valence-corrected chi connectivity index (χ4v) is 9.69. The van der Waals surface area contributed by atoms with E-state index in [1.54, 1.807) is 0 Å². The molecule has 0 aromatic rings. The molecule has 0 aromatic heterocycles. The summed E-state index contributed by atoms with van der Waals surface area (Å²) in [6.07, 6.45) is 47.1. The molecule has 1 aliphatic rings. The number of allylic oxidation sites excluding steroid dienone is 4. The highest BCUT2D eigenvalue weighted by Crippen LogP contribution is 2.27. The molecule has 0 radical (unpaired) electrons. The fourth-order valence-electron chi connectivity index (χ4n) is 9.69. The molecular formula is C63H114O12. The molecule has 0 saturated carbocycles. The molecule has 1 aliphatic heterocycles. The number of aliphatic hydroxyl groups excluding tert-OH is 2. The minimum atomic E-state index is -1.90. The Kier molecular flexibility index (Phi) is 48.6. The van der Waals surface area contributed by atoms with Gasteiger partial charge < -0.3 is 39.0 Å². The SMILES string of the molecule is CCCCC/C=C\C/C=C\CCCCCCCC(=O)OCC(COC1OC(C(=O)O)C(O)C(O)C1OC(=O)CCCCCCCCCCCCCCCCCCC)OC(=O)CCCCCCCCCCCCCCC. The maximum absolute atomic E-state index is 13.1. The van der Waals surface area contributed by atoms with Crippen LogP contribution >= 0.6 is 0 Å². The molecule has 1 heterocycles. The van der Waals surface area contributed by atoms with Crippen molar-refractivity contribution in [3.05, 3.63) is 24.3 Å². The molecule has 1 rings (SSSR count). The van der Waals surface area contributed by atoms with Crippen LogP contribution < -0.4 is 0 Å². The summed E-state index contributed by atoms with van der Waals surface area (Å²) < 4.78 is 28.5. The highest BCUT2D eigenvalue weighted by molar-refractivity contribution is 5.74. The Morgan fingerprint density at radius 2 is 0.800 bits per heavy atom. The van der Waals surface area contributed by atoms with Crippen LogP contribution in [0.1, 0.15) is 303 Å². The average Bonchev–Trinajstić information content (AvgIpc) is 3.39. The van der Waals surface area contributed by atoms with Crippen LogP contribution in [0.25, 0.3) is 0 Å². The fraction of sp³-hybridized carbons (Fsp3) is 0.873. The van der Waals surface area contributed by atoms with Crippen LogP contribution in [0, 0.1) is 0 Å². The van der Waals surface area contributed by atoms with Crippen LogP contribution in [0.15, 0.2) is 24.3 Å². The van der Waals surface area contributed by atoms with Gasteiger partial charge in [0.15, 0.2) is 24.6 Å². The van der Waals surface area contributed by atoms with Crippen LogP contribution in [-0.4, -0.2) is 89.2 Å². The van der Waals surface area contributed by atoms with Crippen LogP contribution in [0.5, 0.6) is 0 Å². The van der Waals surface area contributed by atoms with E-state index < -0.39 is 67.3 Å². The van der Waals surface area contributed by atoms with Crippen molar-refractivity contribution < 1.29 is 58.2 Å². The first-order chi connectivity index (χ1) is 36.6. The van der Waals surface area contributed by atoms with Gasteiger partial charge in [-0.05, 0) is 51.4 Å². The van der Waals surface area contributed by atoms with Crippen molar-refractivity contribution in [1.29, 1.82) is 0 Å². The number of carboxylic acid groups (broad SMARTS) is 1. The molecule has 12 heteroatoms. The summed E-state index contributed by atoms with van der Waals surface area (Å²) in [6, 6.07) is 0. The Morgan fingerprint density at radius 3 is 1.23 bits per heavy atom. The van der Waals surface area contributed by atoms with Crippen molar-refractivity contribution in [2.24, 2.45) is 0 Å². The lowest BCUT2D eigenvalue weighted by atomic mass is 9.98. The first-order valence-electron chi connectivity index (χ1n) is 31.3. The standard InChI is InChI=1S/C63H114O12/c1-4-7-10-13-16-19-22-25-27-28-30-33-36-39-42-45-48-51-57(66)74-61-59(68)58(67)60(62(69)70)75-63(61)72-53-54(73-56(65)50-47-44-41-38-35-31-24-21-18-15-12-9-6-3)52-71-55(64)49-46-43-40-37-34-32-29-26-23-20-17-14-11-8-5-2/h17,20,26,29,54,58-61,63,67-68H,4-16,18-19,21-25,27-28,30-53H2,1-3H3,(H,69,70)/b20-17-,29-26-. The maximum atomic E-state index is 13.1. The van der Waals surface area contributed by atoms with Crippen LogP contribution in [-0.2, 0) is 42.9 Å². The number of ether oxygens (including phenoxy) is 5.